The second-order valence-corrected chi connectivity index (χ2v) is 3.03. The molecule has 5 heteroatoms. The highest BCUT2D eigenvalue weighted by molar-refractivity contribution is 6.17. The van der Waals surface area contributed by atoms with Crippen LogP contribution in [0.2, 0.25) is 0 Å². The molecule has 0 aliphatic rings. The Labute approximate surface area is 81.7 Å². The van der Waals surface area contributed by atoms with E-state index in [0.717, 1.165) is 12.1 Å². The Balaban J connectivity index is 2.18. The Morgan fingerprint density at radius 3 is 3.15 bits per heavy atom. The second-order valence-electron chi connectivity index (χ2n) is 2.65. The van der Waals surface area contributed by atoms with E-state index >= 15 is 0 Å². The van der Waals surface area contributed by atoms with Crippen LogP contribution in [0.25, 0.3) is 0 Å². The summed E-state index contributed by atoms with van der Waals surface area (Å²) in [5, 5.41) is 9.22. The van der Waals surface area contributed by atoms with Gasteiger partial charge in [0.25, 0.3) is 0 Å². The van der Waals surface area contributed by atoms with Gasteiger partial charge >= 0.3 is 0 Å². The van der Waals surface area contributed by atoms with Crippen molar-refractivity contribution in [3.05, 3.63) is 18.0 Å². The van der Waals surface area contributed by atoms with E-state index in [-0.39, 0.29) is 5.91 Å². The first kappa shape index (κ1) is 10.1. The zero-order valence-electron chi connectivity index (χ0n) is 7.22. The number of alkyl halides is 1. The molecule has 0 spiro atoms. The Hall–Kier alpha value is -1.03. The van der Waals surface area contributed by atoms with Gasteiger partial charge in [-0.3, -0.25) is 9.89 Å². The van der Waals surface area contributed by atoms with Crippen molar-refractivity contribution in [3.63, 3.8) is 0 Å². The fraction of sp³-hybridized carbons (Fsp3) is 0.500. The number of aromatic amines is 1. The summed E-state index contributed by atoms with van der Waals surface area (Å²) in [6.07, 6.45) is 2.78. The zero-order chi connectivity index (χ0) is 9.52. The van der Waals surface area contributed by atoms with Gasteiger partial charge in [-0.2, -0.15) is 5.10 Å². The van der Waals surface area contributed by atoms with E-state index in [1.54, 1.807) is 12.3 Å². The highest BCUT2D eigenvalue weighted by atomic mass is 35.5. The third-order valence-corrected chi connectivity index (χ3v) is 1.81. The fourth-order valence-corrected chi connectivity index (χ4v) is 1.05. The monoisotopic (exact) mass is 201 g/mol. The SMILES string of the molecule is O=C(Cc1ccn[nH]1)NCCCCl. The van der Waals surface area contributed by atoms with Crippen LogP contribution in [0.1, 0.15) is 12.1 Å². The normalized spacial score (nSPS) is 9.92. The summed E-state index contributed by atoms with van der Waals surface area (Å²) < 4.78 is 0. The molecule has 0 aliphatic heterocycles. The smallest absolute Gasteiger partial charge is 0.225 e. The van der Waals surface area contributed by atoms with E-state index < -0.39 is 0 Å². The van der Waals surface area contributed by atoms with Gasteiger partial charge in [0.15, 0.2) is 0 Å². The molecule has 0 aromatic carbocycles. The fourth-order valence-electron chi connectivity index (χ4n) is 0.913. The van der Waals surface area contributed by atoms with E-state index in [4.69, 9.17) is 11.6 Å². The van der Waals surface area contributed by atoms with Crippen molar-refractivity contribution in [3.8, 4) is 0 Å². The molecule has 13 heavy (non-hydrogen) atoms. The number of nitrogens with zero attached hydrogens (tertiary/aromatic N) is 1. The van der Waals surface area contributed by atoms with Crippen molar-refractivity contribution in [2.45, 2.75) is 12.8 Å². The summed E-state index contributed by atoms with van der Waals surface area (Å²) in [5.74, 6) is 0.569. The zero-order valence-corrected chi connectivity index (χ0v) is 7.97. The lowest BCUT2D eigenvalue weighted by molar-refractivity contribution is -0.120. The summed E-state index contributed by atoms with van der Waals surface area (Å²) >= 11 is 5.46. The van der Waals surface area contributed by atoms with Gasteiger partial charge in [0.1, 0.15) is 0 Å². The van der Waals surface area contributed by atoms with Gasteiger partial charge in [-0.05, 0) is 12.5 Å². The summed E-state index contributed by atoms with van der Waals surface area (Å²) in [6.45, 7) is 0.635. The quantitative estimate of drug-likeness (QED) is 0.544. The number of rotatable bonds is 5. The van der Waals surface area contributed by atoms with Gasteiger partial charge in [0.2, 0.25) is 5.91 Å². The van der Waals surface area contributed by atoms with E-state index in [1.807, 2.05) is 0 Å². The van der Waals surface area contributed by atoms with E-state index in [9.17, 15) is 4.79 Å². The Kier molecular flexibility index (Phi) is 4.32. The Morgan fingerprint density at radius 2 is 2.54 bits per heavy atom. The van der Waals surface area contributed by atoms with Crippen molar-refractivity contribution in [1.29, 1.82) is 0 Å². The van der Waals surface area contributed by atoms with Crippen molar-refractivity contribution < 1.29 is 4.79 Å². The Morgan fingerprint density at radius 1 is 1.69 bits per heavy atom. The Bertz CT molecular complexity index is 248. The maximum atomic E-state index is 11.2. The number of carbonyl (C=O) groups excluding carboxylic acids is 1. The van der Waals surface area contributed by atoms with Gasteiger partial charge in [-0.1, -0.05) is 0 Å². The van der Waals surface area contributed by atoms with Gasteiger partial charge < -0.3 is 5.32 Å². The minimum absolute atomic E-state index is 0.00522. The molecule has 1 heterocycles. The molecule has 0 unspecified atom stereocenters. The molecule has 0 saturated carbocycles. The molecule has 0 radical (unpaired) electrons. The molecule has 0 atom stereocenters. The molecule has 0 aliphatic carbocycles. The average molecular weight is 202 g/mol. The molecule has 72 valence electrons. The number of hydrogen-bond acceptors (Lipinski definition) is 2. The molecule has 4 nitrogen and oxygen atoms in total. The number of hydrogen-bond donors (Lipinski definition) is 2. The van der Waals surface area contributed by atoms with Crippen LogP contribution in [0.4, 0.5) is 0 Å². The number of amides is 1. The number of aromatic nitrogens is 2. The molecular weight excluding hydrogens is 190 g/mol. The van der Waals surface area contributed by atoms with Gasteiger partial charge in [-0.25, -0.2) is 0 Å². The lowest BCUT2D eigenvalue weighted by atomic mass is 10.3. The number of H-pyrrole nitrogens is 1. The van der Waals surface area contributed by atoms with Crippen LogP contribution in [0.5, 0.6) is 0 Å². The van der Waals surface area contributed by atoms with Gasteiger partial charge in [0.05, 0.1) is 6.42 Å². The molecule has 1 rings (SSSR count). The van der Waals surface area contributed by atoms with Crippen LogP contribution in [0, 0.1) is 0 Å². The van der Waals surface area contributed by atoms with Crippen LogP contribution < -0.4 is 5.32 Å². The van der Waals surface area contributed by atoms with Crippen LogP contribution >= 0.6 is 11.6 Å². The minimum Gasteiger partial charge on any atom is -0.356 e. The number of halogens is 1. The first-order valence-electron chi connectivity index (χ1n) is 4.14. The van der Waals surface area contributed by atoms with Crippen molar-refractivity contribution in [2.75, 3.05) is 12.4 Å². The molecular formula is C8H12ClN3O. The predicted octanol–water partition coefficient (Wildman–Crippen LogP) is 0.697. The van der Waals surface area contributed by atoms with Crippen LogP contribution in [0.3, 0.4) is 0 Å². The van der Waals surface area contributed by atoms with E-state index in [0.29, 0.717) is 18.8 Å². The first-order chi connectivity index (χ1) is 6.33. The third kappa shape index (κ3) is 3.94. The largest absolute Gasteiger partial charge is 0.356 e. The molecule has 1 amide bonds. The minimum atomic E-state index is -0.00522. The molecule has 1 aromatic rings. The maximum absolute atomic E-state index is 11.2. The van der Waals surface area contributed by atoms with E-state index in [1.165, 1.54) is 0 Å². The topological polar surface area (TPSA) is 57.8 Å². The molecule has 0 fully saturated rings. The van der Waals surface area contributed by atoms with Gasteiger partial charge in [0, 0.05) is 24.3 Å². The third-order valence-electron chi connectivity index (χ3n) is 1.54. The molecule has 1 aromatic heterocycles. The van der Waals surface area contributed by atoms with Crippen molar-refractivity contribution in [2.24, 2.45) is 0 Å². The number of carbonyl (C=O) groups is 1. The van der Waals surface area contributed by atoms with Crippen molar-refractivity contribution >= 4 is 17.5 Å². The first-order valence-corrected chi connectivity index (χ1v) is 4.67. The van der Waals surface area contributed by atoms with Crippen molar-refractivity contribution in [1.82, 2.24) is 15.5 Å². The second kappa shape index (κ2) is 5.59. The highest BCUT2D eigenvalue weighted by Gasteiger charge is 2.02. The molecule has 2 N–H and O–H groups in total. The average Bonchev–Trinajstić information content (AvgIpc) is 2.57. The summed E-state index contributed by atoms with van der Waals surface area (Å²) in [4.78, 5) is 11.2. The van der Waals surface area contributed by atoms with E-state index in [2.05, 4.69) is 15.5 Å². The predicted molar refractivity (Wildman–Crippen MR) is 50.6 cm³/mol. The standard InChI is InChI=1S/C8H12ClN3O/c9-3-1-4-10-8(13)6-7-2-5-11-12-7/h2,5H,1,3-4,6H2,(H,10,13)(H,11,12). The van der Waals surface area contributed by atoms with Gasteiger partial charge in [-0.15, -0.1) is 11.6 Å². The van der Waals surface area contributed by atoms with Crippen LogP contribution in [0.15, 0.2) is 12.3 Å². The lowest BCUT2D eigenvalue weighted by Gasteiger charge is -2.01. The molecule has 0 bridgehead atoms. The summed E-state index contributed by atoms with van der Waals surface area (Å²) in [5.41, 5.74) is 0.823. The molecule has 0 saturated heterocycles. The summed E-state index contributed by atoms with van der Waals surface area (Å²) in [7, 11) is 0. The highest BCUT2D eigenvalue weighted by Crippen LogP contribution is 1.92. The van der Waals surface area contributed by atoms with Crippen LogP contribution in [-0.2, 0) is 11.2 Å². The number of nitrogens with one attached hydrogen (secondary N) is 2. The lowest BCUT2D eigenvalue weighted by Crippen LogP contribution is -2.26. The van der Waals surface area contributed by atoms with Crippen LogP contribution in [-0.4, -0.2) is 28.5 Å². The maximum Gasteiger partial charge on any atom is 0.225 e. The summed E-state index contributed by atoms with van der Waals surface area (Å²) in [6, 6.07) is 1.78.